The zero-order chi connectivity index (χ0) is 13.6. The van der Waals surface area contributed by atoms with Crippen LogP contribution in [0.2, 0.25) is 5.02 Å². The summed E-state index contributed by atoms with van der Waals surface area (Å²) in [4.78, 5) is 4.45. The van der Waals surface area contributed by atoms with E-state index in [9.17, 15) is 0 Å². The summed E-state index contributed by atoms with van der Waals surface area (Å²) in [5.74, 6) is 0.499. The fourth-order valence-corrected chi connectivity index (χ4v) is 2.61. The number of fused-ring (bicyclic) bond motifs is 1. The Bertz CT molecular complexity index is 782. The lowest BCUT2D eigenvalue weighted by atomic mass is 10.2. The maximum Gasteiger partial charge on any atom is 0.229 e. The summed E-state index contributed by atoms with van der Waals surface area (Å²) in [5, 5.41) is 0.645. The largest absolute Gasteiger partial charge is 0.436 e. The molecular formula is C14H10BrClN2O. The Morgan fingerprint density at radius 3 is 2.84 bits per heavy atom. The minimum absolute atomic E-state index is 0.499. The lowest BCUT2D eigenvalue weighted by Crippen LogP contribution is -1.89. The predicted octanol–water partition coefficient (Wildman–Crippen LogP) is 4.80. The molecule has 19 heavy (non-hydrogen) atoms. The highest BCUT2D eigenvalue weighted by atomic mass is 79.9. The van der Waals surface area contributed by atoms with Crippen LogP contribution in [0.3, 0.4) is 0 Å². The average Bonchev–Trinajstić information content (AvgIpc) is 2.76. The van der Waals surface area contributed by atoms with Gasteiger partial charge in [-0.1, -0.05) is 27.5 Å². The van der Waals surface area contributed by atoms with Gasteiger partial charge in [-0.25, -0.2) is 4.98 Å². The lowest BCUT2D eigenvalue weighted by Gasteiger charge is -2.01. The number of benzene rings is 2. The molecule has 0 aliphatic carbocycles. The van der Waals surface area contributed by atoms with E-state index in [-0.39, 0.29) is 0 Å². The van der Waals surface area contributed by atoms with Crippen LogP contribution in [-0.2, 0) is 0 Å². The van der Waals surface area contributed by atoms with Crippen LogP contribution >= 0.6 is 27.5 Å². The average molecular weight is 338 g/mol. The molecule has 0 spiro atoms. The molecule has 3 aromatic rings. The number of nitrogens with two attached hydrogens (primary N) is 1. The Morgan fingerprint density at radius 1 is 1.26 bits per heavy atom. The van der Waals surface area contributed by atoms with E-state index in [4.69, 9.17) is 21.8 Å². The topological polar surface area (TPSA) is 52.0 Å². The van der Waals surface area contributed by atoms with E-state index < -0.39 is 0 Å². The van der Waals surface area contributed by atoms with Crippen molar-refractivity contribution in [1.82, 2.24) is 4.98 Å². The number of hydrogen-bond donors (Lipinski definition) is 1. The Balaban J connectivity index is 2.26. The van der Waals surface area contributed by atoms with Crippen molar-refractivity contribution in [2.45, 2.75) is 6.92 Å². The van der Waals surface area contributed by atoms with Crippen molar-refractivity contribution in [2.24, 2.45) is 0 Å². The van der Waals surface area contributed by atoms with Crippen molar-refractivity contribution < 1.29 is 4.42 Å². The van der Waals surface area contributed by atoms with E-state index in [0.717, 1.165) is 26.7 Å². The third kappa shape index (κ3) is 2.22. The quantitative estimate of drug-likeness (QED) is 0.649. The molecule has 0 aliphatic rings. The van der Waals surface area contributed by atoms with Gasteiger partial charge in [0, 0.05) is 15.2 Å². The number of anilines is 1. The molecule has 0 unspecified atom stereocenters. The monoisotopic (exact) mass is 336 g/mol. The number of halogens is 2. The molecule has 1 heterocycles. The summed E-state index contributed by atoms with van der Waals surface area (Å²) in [6.07, 6.45) is 0. The van der Waals surface area contributed by atoms with Crippen LogP contribution in [0.25, 0.3) is 22.6 Å². The molecule has 1 aromatic heterocycles. The second kappa shape index (κ2) is 4.54. The summed E-state index contributed by atoms with van der Waals surface area (Å²) in [6.45, 7) is 1.94. The summed E-state index contributed by atoms with van der Waals surface area (Å²) in [6, 6.07) is 9.21. The van der Waals surface area contributed by atoms with E-state index in [1.165, 1.54) is 0 Å². The number of oxazole rings is 1. The standard InChI is InChI=1S/C14H10BrClN2O/c1-7-4-9(16)6-12-13(7)19-14(18-12)10-5-8(15)2-3-11(10)17/h2-6H,17H2,1H3. The highest BCUT2D eigenvalue weighted by Gasteiger charge is 2.13. The van der Waals surface area contributed by atoms with Crippen LogP contribution in [0, 0.1) is 6.92 Å². The van der Waals surface area contributed by atoms with Gasteiger partial charge in [0.05, 0.1) is 5.56 Å². The van der Waals surface area contributed by atoms with Crippen molar-refractivity contribution in [1.29, 1.82) is 0 Å². The maximum absolute atomic E-state index is 6.02. The van der Waals surface area contributed by atoms with Gasteiger partial charge < -0.3 is 10.2 Å². The first-order valence-electron chi connectivity index (χ1n) is 5.66. The van der Waals surface area contributed by atoms with Gasteiger partial charge in [0.1, 0.15) is 5.52 Å². The molecule has 0 saturated heterocycles. The molecule has 0 atom stereocenters. The van der Waals surface area contributed by atoms with E-state index in [2.05, 4.69) is 20.9 Å². The Kier molecular flexibility index (Phi) is 2.99. The number of nitrogen functional groups attached to an aromatic ring is 1. The van der Waals surface area contributed by atoms with Gasteiger partial charge in [-0.15, -0.1) is 0 Å². The van der Waals surface area contributed by atoms with Gasteiger partial charge in [0.15, 0.2) is 5.58 Å². The smallest absolute Gasteiger partial charge is 0.229 e. The third-order valence-corrected chi connectivity index (χ3v) is 3.60. The Hall–Kier alpha value is -1.52. The van der Waals surface area contributed by atoms with Crippen LogP contribution in [0.4, 0.5) is 5.69 Å². The molecule has 3 nitrogen and oxygen atoms in total. The Labute approximate surface area is 123 Å². The zero-order valence-electron chi connectivity index (χ0n) is 10.1. The van der Waals surface area contributed by atoms with Gasteiger partial charge in [0.25, 0.3) is 0 Å². The van der Waals surface area contributed by atoms with Crippen molar-refractivity contribution in [3.05, 3.63) is 45.4 Å². The van der Waals surface area contributed by atoms with E-state index >= 15 is 0 Å². The fourth-order valence-electron chi connectivity index (χ4n) is 1.99. The summed E-state index contributed by atoms with van der Waals surface area (Å²) < 4.78 is 6.73. The molecule has 5 heteroatoms. The highest BCUT2D eigenvalue weighted by Crippen LogP contribution is 2.33. The number of hydrogen-bond acceptors (Lipinski definition) is 3. The molecule has 0 amide bonds. The van der Waals surface area contributed by atoms with Gasteiger partial charge in [-0.2, -0.15) is 0 Å². The van der Waals surface area contributed by atoms with E-state index in [1.54, 1.807) is 6.07 Å². The number of aryl methyl sites for hydroxylation is 1. The molecule has 0 saturated carbocycles. The van der Waals surface area contributed by atoms with Gasteiger partial charge >= 0.3 is 0 Å². The van der Waals surface area contributed by atoms with E-state index in [1.807, 2.05) is 31.2 Å². The Morgan fingerprint density at radius 2 is 2.05 bits per heavy atom. The van der Waals surface area contributed by atoms with Gasteiger partial charge in [-0.3, -0.25) is 0 Å². The van der Waals surface area contributed by atoms with Crippen LogP contribution in [0.1, 0.15) is 5.56 Å². The number of rotatable bonds is 1. The number of aromatic nitrogens is 1. The third-order valence-electron chi connectivity index (χ3n) is 2.89. The molecule has 0 radical (unpaired) electrons. The molecular weight excluding hydrogens is 328 g/mol. The molecule has 0 fully saturated rings. The molecule has 2 N–H and O–H groups in total. The lowest BCUT2D eigenvalue weighted by molar-refractivity contribution is 0.617. The predicted molar refractivity (Wildman–Crippen MR) is 81.3 cm³/mol. The highest BCUT2D eigenvalue weighted by molar-refractivity contribution is 9.10. The minimum atomic E-state index is 0.499. The maximum atomic E-state index is 6.02. The van der Waals surface area contributed by atoms with Crippen LogP contribution in [0.5, 0.6) is 0 Å². The first-order valence-corrected chi connectivity index (χ1v) is 6.84. The van der Waals surface area contributed by atoms with Gasteiger partial charge in [0.2, 0.25) is 5.89 Å². The number of nitrogens with zero attached hydrogens (tertiary/aromatic N) is 1. The first kappa shape index (κ1) is 12.5. The summed E-state index contributed by atoms with van der Waals surface area (Å²) in [7, 11) is 0. The van der Waals surface area contributed by atoms with E-state index in [0.29, 0.717) is 16.6 Å². The molecule has 96 valence electrons. The molecule has 0 aliphatic heterocycles. The molecule has 0 bridgehead atoms. The zero-order valence-corrected chi connectivity index (χ0v) is 12.4. The van der Waals surface area contributed by atoms with Crippen LogP contribution < -0.4 is 5.73 Å². The SMILES string of the molecule is Cc1cc(Cl)cc2nc(-c3cc(Br)ccc3N)oc12. The normalized spacial score (nSPS) is 11.1. The molecule has 3 rings (SSSR count). The molecule has 2 aromatic carbocycles. The second-order valence-electron chi connectivity index (χ2n) is 4.32. The minimum Gasteiger partial charge on any atom is -0.436 e. The summed E-state index contributed by atoms with van der Waals surface area (Å²) in [5.41, 5.74) is 9.78. The van der Waals surface area contributed by atoms with Crippen molar-refractivity contribution in [3.8, 4) is 11.5 Å². The van der Waals surface area contributed by atoms with Crippen molar-refractivity contribution in [2.75, 3.05) is 5.73 Å². The summed E-state index contributed by atoms with van der Waals surface area (Å²) >= 11 is 9.44. The van der Waals surface area contributed by atoms with Crippen molar-refractivity contribution in [3.63, 3.8) is 0 Å². The van der Waals surface area contributed by atoms with Crippen molar-refractivity contribution >= 4 is 44.3 Å². The fraction of sp³-hybridized carbons (Fsp3) is 0.0714. The van der Waals surface area contributed by atoms with Crippen LogP contribution in [0.15, 0.2) is 39.2 Å². The van der Waals surface area contributed by atoms with Gasteiger partial charge in [-0.05, 0) is 42.8 Å². The first-order chi connectivity index (χ1) is 9.04. The van der Waals surface area contributed by atoms with Crippen LogP contribution in [-0.4, -0.2) is 4.98 Å². The second-order valence-corrected chi connectivity index (χ2v) is 5.67.